The average Bonchev–Trinajstić information content (AvgIpc) is 2.82. The van der Waals surface area contributed by atoms with Crippen LogP contribution in [0.25, 0.3) is 11.1 Å². The summed E-state index contributed by atoms with van der Waals surface area (Å²) >= 11 is 0. The van der Waals surface area contributed by atoms with Crippen LogP contribution in [0.5, 0.6) is 0 Å². The smallest absolute Gasteiger partial charge is 0.366 e. The molecule has 0 aromatic heterocycles. The first-order valence-corrected chi connectivity index (χ1v) is 10.7. The van der Waals surface area contributed by atoms with E-state index in [-0.39, 0.29) is 5.92 Å². The summed E-state index contributed by atoms with van der Waals surface area (Å²) < 4.78 is 15.9. The molecular formula is C25H31NO5. The number of ether oxygens (including phenoxy) is 3. The molecule has 166 valence electrons. The Labute approximate surface area is 184 Å². The second kappa shape index (κ2) is 11.1. The van der Waals surface area contributed by atoms with Gasteiger partial charge < -0.3 is 19.0 Å². The molecule has 1 aliphatic heterocycles. The standard InChI is InChI=1S/C25H31NO5/c1-19(21-12-14-23(15-13-21)22-10-5-4-6-11-22)26-31-16-8-7-9-20-17-29-25(2,30-18-20)24(27)28-3/h4-6,10-15,20H,7-9,16-18H2,1-3H3/b26-19-. The van der Waals surface area contributed by atoms with E-state index in [0.717, 1.165) is 30.5 Å². The fraction of sp³-hybridized carbons (Fsp3) is 0.440. The number of rotatable bonds is 9. The average molecular weight is 426 g/mol. The lowest BCUT2D eigenvalue weighted by atomic mass is 10.0. The van der Waals surface area contributed by atoms with Crippen LogP contribution < -0.4 is 0 Å². The number of unbranched alkanes of at least 4 members (excludes halogenated alkanes) is 1. The molecule has 3 rings (SSSR count). The van der Waals surface area contributed by atoms with Gasteiger partial charge in [0.2, 0.25) is 0 Å². The molecule has 0 N–H and O–H groups in total. The SMILES string of the molecule is COC(=O)C1(C)OCC(CCCCO/N=C(/C)c2ccc(-c3ccccc3)cc2)CO1. The van der Waals surface area contributed by atoms with Gasteiger partial charge in [0.25, 0.3) is 5.79 Å². The van der Waals surface area contributed by atoms with Crippen LogP contribution in [0, 0.1) is 5.92 Å². The lowest BCUT2D eigenvalue weighted by Gasteiger charge is -2.35. The Morgan fingerprint density at radius 1 is 1.03 bits per heavy atom. The van der Waals surface area contributed by atoms with Crippen molar-refractivity contribution in [1.82, 2.24) is 0 Å². The van der Waals surface area contributed by atoms with Crippen LogP contribution in [0.3, 0.4) is 0 Å². The highest BCUT2D eigenvalue weighted by atomic mass is 16.7. The second-order valence-corrected chi connectivity index (χ2v) is 7.87. The first-order chi connectivity index (χ1) is 15.0. The Morgan fingerprint density at radius 3 is 2.32 bits per heavy atom. The minimum atomic E-state index is -1.28. The Hall–Kier alpha value is -2.70. The van der Waals surface area contributed by atoms with E-state index in [4.69, 9.17) is 19.0 Å². The number of carbonyl (C=O) groups excluding carboxylic acids is 1. The van der Waals surface area contributed by atoms with E-state index in [1.807, 2.05) is 25.1 Å². The summed E-state index contributed by atoms with van der Waals surface area (Å²) in [5.74, 6) is -1.51. The summed E-state index contributed by atoms with van der Waals surface area (Å²) in [6.07, 6.45) is 2.82. The Morgan fingerprint density at radius 2 is 1.68 bits per heavy atom. The topological polar surface area (TPSA) is 66.4 Å². The molecule has 0 radical (unpaired) electrons. The van der Waals surface area contributed by atoms with Gasteiger partial charge in [-0.15, -0.1) is 0 Å². The zero-order valence-corrected chi connectivity index (χ0v) is 18.5. The van der Waals surface area contributed by atoms with Crippen molar-refractivity contribution in [1.29, 1.82) is 0 Å². The Bertz CT molecular complexity index is 855. The van der Waals surface area contributed by atoms with E-state index < -0.39 is 11.8 Å². The summed E-state index contributed by atoms with van der Waals surface area (Å²) in [4.78, 5) is 17.2. The fourth-order valence-electron chi connectivity index (χ4n) is 3.44. The van der Waals surface area contributed by atoms with Crippen molar-refractivity contribution in [3.05, 3.63) is 60.2 Å². The molecule has 2 aromatic rings. The minimum absolute atomic E-state index is 0.270. The summed E-state index contributed by atoms with van der Waals surface area (Å²) in [7, 11) is 1.33. The number of carbonyl (C=O) groups is 1. The molecule has 1 heterocycles. The number of nitrogens with zero attached hydrogens (tertiary/aromatic N) is 1. The van der Waals surface area contributed by atoms with E-state index >= 15 is 0 Å². The predicted octanol–water partition coefficient (Wildman–Crippen LogP) is 4.82. The van der Waals surface area contributed by atoms with E-state index in [2.05, 4.69) is 41.6 Å². The van der Waals surface area contributed by atoms with E-state index in [1.165, 1.54) is 18.2 Å². The van der Waals surface area contributed by atoms with Gasteiger partial charge in [-0.3, -0.25) is 0 Å². The van der Waals surface area contributed by atoms with Crippen molar-refractivity contribution < 1.29 is 23.8 Å². The molecule has 0 unspecified atom stereocenters. The lowest BCUT2D eigenvalue weighted by molar-refractivity contribution is -0.272. The Kier molecular flexibility index (Phi) is 8.20. The molecule has 0 atom stereocenters. The summed E-state index contributed by atoms with van der Waals surface area (Å²) in [6, 6.07) is 18.6. The Balaban J connectivity index is 1.34. The van der Waals surface area contributed by atoms with Crippen molar-refractivity contribution in [2.45, 2.75) is 38.9 Å². The van der Waals surface area contributed by atoms with Crippen molar-refractivity contribution in [2.24, 2.45) is 11.1 Å². The van der Waals surface area contributed by atoms with E-state index in [0.29, 0.717) is 19.8 Å². The molecule has 0 amide bonds. The maximum Gasteiger partial charge on any atom is 0.366 e. The highest BCUT2D eigenvalue weighted by molar-refractivity contribution is 5.98. The molecule has 6 nitrogen and oxygen atoms in total. The van der Waals surface area contributed by atoms with Gasteiger partial charge in [0.1, 0.15) is 6.61 Å². The van der Waals surface area contributed by atoms with Gasteiger partial charge in [-0.1, -0.05) is 59.8 Å². The van der Waals surface area contributed by atoms with Gasteiger partial charge in [-0.2, -0.15) is 0 Å². The fourth-order valence-corrected chi connectivity index (χ4v) is 3.44. The van der Waals surface area contributed by atoms with Crippen LogP contribution in [0.4, 0.5) is 0 Å². The predicted molar refractivity (Wildman–Crippen MR) is 120 cm³/mol. The molecule has 2 aromatic carbocycles. The molecule has 0 aliphatic carbocycles. The van der Waals surface area contributed by atoms with Crippen molar-refractivity contribution >= 4 is 11.7 Å². The number of oxime groups is 1. The van der Waals surface area contributed by atoms with Crippen molar-refractivity contribution in [3.8, 4) is 11.1 Å². The van der Waals surface area contributed by atoms with Gasteiger partial charge in [-0.25, -0.2) is 4.79 Å². The first-order valence-electron chi connectivity index (χ1n) is 10.7. The highest BCUT2D eigenvalue weighted by Gasteiger charge is 2.41. The van der Waals surface area contributed by atoms with Gasteiger partial charge >= 0.3 is 5.97 Å². The third kappa shape index (κ3) is 6.39. The van der Waals surface area contributed by atoms with Crippen LogP contribution in [-0.2, 0) is 23.8 Å². The highest BCUT2D eigenvalue weighted by Crippen LogP contribution is 2.25. The molecule has 0 saturated carbocycles. The molecule has 1 aliphatic rings. The number of esters is 1. The largest absolute Gasteiger partial charge is 0.465 e. The van der Waals surface area contributed by atoms with Crippen LogP contribution >= 0.6 is 0 Å². The molecular weight excluding hydrogens is 394 g/mol. The van der Waals surface area contributed by atoms with Crippen LogP contribution in [0.1, 0.15) is 38.7 Å². The number of benzene rings is 2. The van der Waals surface area contributed by atoms with E-state index in [1.54, 1.807) is 6.92 Å². The maximum absolute atomic E-state index is 11.7. The van der Waals surface area contributed by atoms with Gasteiger partial charge in [0, 0.05) is 12.8 Å². The maximum atomic E-state index is 11.7. The van der Waals surface area contributed by atoms with Gasteiger partial charge in [0.05, 0.1) is 26.0 Å². The quantitative estimate of drug-likeness (QED) is 0.249. The zero-order valence-electron chi connectivity index (χ0n) is 18.5. The number of hydrogen-bond acceptors (Lipinski definition) is 6. The summed E-state index contributed by atoms with van der Waals surface area (Å²) in [5.41, 5.74) is 4.28. The third-order valence-electron chi connectivity index (χ3n) is 5.45. The molecule has 0 spiro atoms. The van der Waals surface area contributed by atoms with Gasteiger partial charge in [-0.05, 0) is 42.9 Å². The third-order valence-corrected chi connectivity index (χ3v) is 5.45. The molecule has 6 heteroatoms. The normalized spacial score (nSPS) is 21.5. The van der Waals surface area contributed by atoms with E-state index in [9.17, 15) is 4.79 Å². The lowest BCUT2D eigenvalue weighted by Crippen LogP contribution is -2.48. The van der Waals surface area contributed by atoms with Crippen LogP contribution in [0.15, 0.2) is 59.8 Å². The van der Waals surface area contributed by atoms with Crippen LogP contribution in [0.2, 0.25) is 0 Å². The molecule has 1 fully saturated rings. The molecule has 1 saturated heterocycles. The van der Waals surface area contributed by atoms with Crippen molar-refractivity contribution in [3.63, 3.8) is 0 Å². The molecule has 31 heavy (non-hydrogen) atoms. The number of methoxy groups -OCH3 is 1. The van der Waals surface area contributed by atoms with Gasteiger partial charge in [0.15, 0.2) is 0 Å². The first kappa shape index (κ1) is 23.0. The number of hydrogen-bond donors (Lipinski definition) is 0. The van der Waals surface area contributed by atoms with Crippen molar-refractivity contribution in [2.75, 3.05) is 26.9 Å². The minimum Gasteiger partial charge on any atom is -0.465 e. The molecule has 0 bridgehead atoms. The zero-order chi connectivity index (χ0) is 22.1. The monoisotopic (exact) mass is 425 g/mol. The summed E-state index contributed by atoms with van der Waals surface area (Å²) in [6.45, 7) is 5.09. The summed E-state index contributed by atoms with van der Waals surface area (Å²) in [5, 5.41) is 4.24. The second-order valence-electron chi connectivity index (χ2n) is 7.87. The van der Waals surface area contributed by atoms with Crippen LogP contribution in [-0.4, -0.2) is 44.4 Å².